The van der Waals surface area contributed by atoms with Crippen molar-refractivity contribution >= 4 is 53.4 Å². The first-order valence-corrected chi connectivity index (χ1v) is 12.3. The Morgan fingerprint density at radius 1 is 1.20 bits per heavy atom. The predicted molar refractivity (Wildman–Crippen MR) is 121 cm³/mol. The van der Waals surface area contributed by atoms with Crippen LogP contribution in [0.2, 0.25) is 0 Å². The summed E-state index contributed by atoms with van der Waals surface area (Å²) in [5, 5.41) is 0. The van der Waals surface area contributed by atoms with Crippen LogP contribution in [0.15, 0.2) is 56.8 Å². The molecule has 0 atom stereocenters. The van der Waals surface area contributed by atoms with Gasteiger partial charge in [0, 0.05) is 37.3 Å². The van der Waals surface area contributed by atoms with Crippen molar-refractivity contribution in [3.63, 3.8) is 0 Å². The SMILES string of the molecule is CCOCCn1c(=NC(=O)c2ccc(S(=O)(=O)N(C)C)cc2)sc2cc(Br)ccc21. The molecule has 0 N–H and O–H groups in total. The molecule has 160 valence electrons. The van der Waals surface area contributed by atoms with E-state index in [1.54, 1.807) is 0 Å². The zero-order valence-electron chi connectivity index (χ0n) is 16.8. The quantitative estimate of drug-likeness (QED) is 0.454. The molecule has 3 aromatic rings. The number of amides is 1. The number of sulfonamides is 1. The molecule has 0 bridgehead atoms. The van der Waals surface area contributed by atoms with Gasteiger partial charge in [-0.2, -0.15) is 4.99 Å². The van der Waals surface area contributed by atoms with E-state index < -0.39 is 15.9 Å². The lowest BCUT2D eigenvalue weighted by molar-refractivity contribution is 0.0996. The van der Waals surface area contributed by atoms with Crippen molar-refractivity contribution in [1.29, 1.82) is 0 Å². The number of carbonyl (C=O) groups is 1. The Morgan fingerprint density at radius 3 is 2.53 bits per heavy atom. The number of halogens is 1. The van der Waals surface area contributed by atoms with Crippen molar-refractivity contribution in [3.05, 3.63) is 57.3 Å². The van der Waals surface area contributed by atoms with Crippen molar-refractivity contribution in [2.24, 2.45) is 4.99 Å². The van der Waals surface area contributed by atoms with Gasteiger partial charge in [0.2, 0.25) is 10.0 Å². The average Bonchev–Trinajstić information content (AvgIpc) is 3.04. The Bertz CT molecular complexity index is 1230. The van der Waals surface area contributed by atoms with Gasteiger partial charge in [-0.3, -0.25) is 4.79 Å². The summed E-state index contributed by atoms with van der Waals surface area (Å²) in [7, 11) is -0.623. The van der Waals surface area contributed by atoms with Crippen LogP contribution in [0, 0.1) is 0 Å². The van der Waals surface area contributed by atoms with E-state index >= 15 is 0 Å². The van der Waals surface area contributed by atoms with Crippen LogP contribution >= 0.6 is 27.3 Å². The normalized spacial score (nSPS) is 12.8. The second-order valence-electron chi connectivity index (χ2n) is 6.57. The summed E-state index contributed by atoms with van der Waals surface area (Å²) < 4.78 is 34.9. The van der Waals surface area contributed by atoms with E-state index in [0.29, 0.717) is 30.1 Å². The van der Waals surface area contributed by atoms with E-state index in [1.165, 1.54) is 49.7 Å². The second kappa shape index (κ2) is 9.52. The van der Waals surface area contributed by atoms with Gasteiger partial charge < -0.3 is 9.30 Å². The molecule has 1 amide bonds. The predicted octanol–water partition coefficient (Wildman–Crippen LogP) is 3.49. The monoisotopic (exact) mass is 511 g/mol. The molecule has 1 aromatic heterocycles. The molecular formula is C20H22BrN3O4S2. The van der Waals surface area contributed by atoms with Gasteiger partial charge in [0.05, 0.1) is 21.7 Å². The first-order valence-electron chi connectivity index (χ1n) is 9.22. The van der Waals surface area contributed by atoms with Gasteiger partial charge in [0.25, 0.3) is 5.91 Å². The molecule has 0 spiro atoms. The van der Waals surface area contributed by atoms with Crippen LogP contribution in [0.1, 0.15) is 17.3 Å². The topological polar surface area (TPSA) is 81.0 Å². The first kappa shape index (κ1) is 22.8. The molecule has 0 fully saturated rings. The molecule has 0 aliphatic heterocycles. The third-order valence-corrected chi connectivity index (χ3v) is 7.75. The van der Waals surface area contributed by atoms with Crippen molar-refractivity contribution in [1.82, 2.24) is 8.87 Å². The molecule has 3 rings (SSSR count). The van der Waals surface area contributed by atoms with Crippen molar-refractivity contribution in [2.45, 2.75) is 18.4 Å². The van der Waals surface area contributed by atoms with E-state index in [2.05, 4.69) is 20.9 Å². The molecule has 0 unspecified atom stereocenters. The Balaban J connectivity index is 1.99. The average molecular weight is 512 g/mol. The van der Waals surface area contributed by atoms with E-state index in [4.69, 9.17) is 4.74 Å². The fourth-order valence-electron chi connectivity index (χ4n) is 2.78. The van der Waals surface area contributed by atoms with Gasteiger partial charge in [-0.1, -0.05) is 27.3 Å². The van der Waals surface area contributed by atoms with Crippen LogP contribution in [-0.4, -0.2) is 50.5 Å². The van der Waals surface area contributed by atoms with Crippen LogP contribution in [0.25, 0.3) is 10.2 Å². The van der Waals surface area contributed by atoms with Crippen molar-refractivity contribution < 1.29 is 17.9 Å². The molecule has 30 heavy (non-hydrogen) atoms. The lowest BCUT2D eigenvalue weighted by Crippen LogP contribution is -2.22. The van der Waals surface area contributed by atoms with Crippen LogP contribution < -0.4 is 4.80 Å². The van der Waals surface area contributed by atoms with Crippen LogP contribution in [0.5, 0.6) is 0 Å². The highest BCUT2D eigenvalue weighted by Gasteiger charge is 2.17. The summed E-state index contributed by atoms with van der Waals surface area (Å²) in [4.78, 5) is 17.8. The molecule has 10 heteroatoms. The minimum atomic E-state index is -3.55. The fourth-order valence-corrected chi connectivity index (χ4v) is 5.29. The highest BCUT2D eigenvalue weighted by atomic mass is 79.9. The maximum Gasteiger partial charge on any atom is 0.279 e. The molecule has 0 saturated carbocycles. The largest absolute Gasteiger partial charge is 0.380 e. The number of fused-ring (bicyclic) bond motifs is 1. The van der Waals surface area contributed by atoms with Gasteiger partial charge in [-0.05, 0) is 49.4 Å². The molecule has 0 radical (unpaired) electrons. The fraction of sp³-hybridized carbons (Fsp3) is 0.300. The van der Waals surface area contributed by atoms with Gasteiger partial charge in [0.15, 0.2) is 4.80 Å². The third-order valence-electron chi connectivity index (χ3n) is 4.39. The van der Waals surface area contributed by atoms with Crippen molar-refractivity contribution in [2.75, 3.05) is 27.3 Å². The minimum Gasteiger partial charge on any atom is -0.380 e. The lowest BCUT2D eigenvalue weighted by Gasteiger charge is -2.11. The van der Waals surface area contributed by atoms with E-state index in [1.807, 2.05) is 29.7 Å². The molecule has 7 nitrogen and oxygen atoms in total. The van der Waals surface area contributed by atoms with E-state index in [-0.39, 0.29) is 4.90 Å². The standard InChI is InChI=1S/C20H22BrN3O4S2/c1-4-28-12-11-24-17-10-7-15(21)13-18(17)29-20(24)22-19(25)14-5-8-16(9-6-14)30(26,27)23(2)3/h5-10,13H,4,11-12H2,1-3H3. The summed E-state index contributed by atoms with van der Waals surface area (Å²) in [5.74, 6) is -0.431. The number of ether oxygens (including phenoxy) is 1. The highest BCUT2D eigenvalue weighted by Crippen LogP contribution is 2.22. The molecule has 0 aliphatic carbocycles. The highest BCUT2D eigenvalue weighted by molar-refractivity contribution is 9.10. The van der Waals surface area contributed by atoms with Crippen LogP contribution in [0.4, 0.5) is 0 Å². The van der Waals surface area contributed by atoms with Gasteiger partial charge in [0.1, 0.15) is 0 Å². The molecule has 1 heterocycles. The number of carbonyl (C=O) groups excluding carboxylic acids is 1. The second-order valence-corrected chi connectivity index (χ2v) is 10.7. The Kier molecular flexibility index (Phi) is 7.25. The molecule has 0 saturated heterocycles. The van der Waals surface area contributed by atoms with E-state index in [0.717, 1.165) is 19.0 Å². The third kappa shape index (κ3) is 4.89. The minimum absolute atomic E-state index is 0.127. The molecular weight excluding hydrogens is 490 g/mol. The Labute approximate surface area is 187 Å². The van der Waals surface area contributed by atoms with Crippen LogP contribution in [-0.2, 0) is 21.3 Å². The van der Waals surface area contributed by atoms with Gasteiger partial charge in [-0.25, -0.2) is 12.7 Å². The first-order chi connectivity index (χ1) is 14.2. The summed E-state index contributed by atoms with van der Waals surface area (Å²) in [6, 6.07) is 11.7. The van der Waals surface area contributed by atoms with Gasteiger partial charge >= 0.3 is 0 Å². The summed E-state index contributed by atoms with van der Waals surface area (Å²) in [6.45, 7) is 3.63. The summed E-state index contributed by atoms with van der Waals surface area (Å²) in [6.07, 6.45) is 0. The number of hydrogen-bond acceptors (Lipinski definition) is 5. The van der Waals surface area contributed by atoms with Crippen LogP contribution in [0.3, 0.4) is 0 Å². The zero-order valence-corrected chi connectivity index (χ0v) is 20.1. The number of rotatable bonds is 7. The maximum absolute atomic E-state index is 12.8. The number of hydrogen-bond donors (Lipinski definition) is 0. The number of aromatic nitrogens is 1. The number of thiazole rings is 1. The smallest absolute Gasteiger partial charge is 0.279 e. The van der Waals surface area contributed by atoms with Gasteiger partial charge in [-0.15, -0.1) is 0 Å². The van der Waals surface area contributed by atoms with Crippen molar-refractivity contribution in [3.8, 4) is 0 Å². The van der Waals surface area contributed by atoms with E-state index in [9.17, 15) is 13.2 Å². The maximum atomic E-state index is 12.8. The lowest BCUT2D eigenvalue weighted by atomic mass is 10.2. The number of nitrogens with zero attached hydrogens (tertiary/aromatic N) is 3. The Hall–Kier alpha value is -1.85. The molecule has 0 aliphatic rings. The zero-order chi connectivity index (χ0) is 21.9. The summed E-state index contributed by atoms with van der Waals surface area (Å²) in [5.41, 5.74) is 1.30. The molecule has 2 aromatic carbocycles. The number of benzene rings is 2. The Morgan fingerprint density at radius 2 is 1.90 bits per heavy atom. The summed E-state index contributed by atoms with van der Waals surface area (Å²) >= 11 is 4.89.